The molecule has 0 aliphatic rings. The first-order valence-corrected chi connectivity index (χ1v) is 8.78. The summed E-state index contributed by atoms with van der Waals surface area (Å²) in [4.78, 5) is 24.6. The second-order valence-electron chi connectivity index (χ2n) is 6.73. The first-order chi connectivity index (χ1) is 13.0. The molecule has 11 heteroatoms. The van der Waals surface area contributed by atoms with E-state index in [1.807, 2.05) is 20.8 Å². The monoisotopic (exact) mass is 400 g/mol. The number of halogens is 3. The summed E-state index contributed by atoms with van der Waals surface area (Å²) < 4.78 is 40.7. The highest BCUT2D eigenvalue weighted by Crippen LogP contribution is 2.28. The predicted molar refractivity (Wildman–Crippen MR) is 95.7 cm³/mol. The Morgan fingerprint density at radius 2 is 1.93 bits per heavy atom. The van der Waals surface area contributed by atoms with Gasteiger partial charge in [0.2, 0.25) is 5.91 Å². The molecular formula is C17H23F3N6O2. The van der Waals surface area contributed by atoms with Crippen LogP contribution in [-0.4, -0.2) is 37.9 Å². The van der Waals surface area contributed by atoms with Gasteiger partial charge >= 0.3 is 6.18 Å². The average Bonchev–Trinajstić information content (AvgIpc) is 3.16. The summed E-state index contributed by atoms with van der Waals surface area (Å²) in [6.45, 7) is 7.62. The summed E-state index contributed by atoms with van der Waals surface area (Å²) in [5, 5.41) is 12.8. The first kappa shape index (κ1) is 21.5. The molecule has 0 unspecified atom stereocenters. The number of anilines is 1. The lowest BCUT2D eigenvalue weighted by Gasteiger charge is -2.09. The number of nitrogens with one attached hydrogen (secondary N) is 2. The van der Waals surface area contributed by atoms with Crippen LogP contribution in [0.15, 0.2) is 12.3 Å². The highest BCUT2D eigenvalue weighted by atomic mass is 19.4. The molecule has 0 aliphatic carbocycles. The summed E-state index contributed by atoms with van der Waals surface area (Å²) in [7, 11) is 0. The third kappa shape index (κ3) is 5.33. The van der Waals surface area contributed by atoms with Crippen molar-refractivity contribution in [2.24, 2.45) is 5.92 Å². The predicted octanol–water partition coefficient (Wildman–Crippen LogP) is 2.45. The van der Waals surface area contributed by atoms with Gasteiger partial charge in [-0.25, -0.2) is 0 Å². The zero-order chi connectivity index (χ0) is 21.1. The van der Waals surface area contributed by atoms with Gasteiger partial charge in [-0.2, -0.15) is 23.4 Å². The minimum absolute atomic E-state index is 0.0454. The number of nitrogens with zero attached hydrogens (tertiary/aromatic N) is 4. The number of aromatic nitrogens is 4. The van der Waals surface area contributed by atoms with Crippen LogP contribution < -0.4 is 10.6 Å². The number of hydrogen-bond donors (Lipinski definition) is 2. The molecule has 0 spiro atoms. The Kier molecular flexibility index (Phi) is 6.47. The van der Waals surface area contributed by atoms with Gasteiger partial charge in [-0.1, -0.05) is 13.8 Å². The molecule has 0 aromatic carbocycles. The normalized spacial score (nSPS) is 11.7. The number of amides is 2. The van der Waals surface area contributed by atoms with Gasteiger partial charge in [0, 0.05) is 25.0 Å². The number of alkyl halides is 3. The van der Waals surface area contributed by atoms with Crippen LogP contribution in [0.4, 0.5) is 18.9 Å². The van der Waals surface area contributed by atoms with Gasteiger partial charge < -0.3 is 10.6 Å². The highest BCUT2D eigenvalue weighted by Gasteiger charge is 2.34. The van der Waals surface area contributed by atoms with Crippen molar-refractivity contribution in [3.8, 4) is 0 Å². The lowest BCUT2D eigenvalue weighted by Crippen LogP contribution is -2.29. The molecule has 2 aromatic rings. The molecule has 0 fully saturated rings. The van der Waals surface area contributed by atoms with E-state index in [-0.39, 0.29) is 23.0 Å². The van der Waals surface area contributed by atoms with Crippen LogP contribution >= 0.6 is 0 Å². The van der Waals surface area contributed by atoms with E-state index in [0.717, 1.165) is 10.7 Å². The molecule has 2 N–H and O–H groups in total. The molecule has 2 rings (SSSR count). The molecule has 154 valence electrons. The highest BCUT2D eigenvalue weighted by molar-refractivity contribution is 6.02. The molecule has 2 heterocycles. The SMILES string of the molecule is CCn1cc(NC(=O)Cn2nc(C(F)(F)F)cc2C)c(C(=O)NCC(C)C)n1. The molecular weight excluding hydrogens is 377 g/mol. The fourth-order valence-electron chi connectivity index (χ4n) is 2.36. The fraction of sp³-hybridized carbons (Fsp3) is 0.529. The van der Waals surface area contributed by atoms with E-state index in [1.165, 1.54) is 17.8 Å². The van der Waals surface area contributed by atoms with Gasteiger partial charge in [0.25, 0.3) is 5.91 Å². The Morgan fingerprint density at radius 1 is 1.25 bits per heavy atom. The molecule has 28 heavy (non-hydrogen) atoms. The number of rotatable bonds is 7. The van der Waals surface area contributed by atoms with Crippen molar-refractivity contribution < 1.29 is 22.8 Å². The Bertz CT molecular complexity index is 854. The summed E-state index contributed by atoms with van der Waals surface area (Å²) in [5.41, 5.74) is -0.634. The second-order valence-corrected chi connectivity index (χ2v) is 6.73. The summed E-state index contributed by atoms with van der Waals surface area (Å²) in [5.74, 6) is -0.819. The largest absolute Gasteiger partial charge is 0.435 e. The minimum Gasteiger partial charge on any atom is -0.350 e. The Hall–Kier alpha value is -2.85. The first-order valence-electron chi connectivity index (χ1n) is 8.78. The Morgan fingerprint density at radius 3 is 2.46 bits per heavy atom. The minimum atomic E-state index is -4.59. The number of hydrogen-bond acceptors (Lipinski definition) is 4. The molecule has 0 aliphatic heterocycles. The van der Waals surface area contributed by atoms with Crippen LogP contribution in [0, 0.1) is 12.8 Å². The number of carbonyl (C=O) groups excluding carboxylic acids is 2. The Balaban J connectivity index is 2.14. The van der Waals surface area contributed by atoms with Crippen molar-refractivity contribution in [1.29, 1.82) is 0 Å². The molecule has 0 radical (unpaired) electrons. The van der Waals surface area contributed by atoms with E-state index in [4.69, 9.17) is 0 Å². The number of carbonyl (C=O) groups is 2. The maximum atomic E-state index is 12.7. The molecule has 8 nitrogen and oxygen atoms in total. The van der Waals surface area contributed by atoms with E-state index in [1.54, 1.807) is 0 Å². The van der Waals surface area contributed by atoms with Gasteiger partial charge in [0.05, 0.1) is 5.69 Å². The van der Waals surface area contributed by atoms with Crippen molar-refractivity contribution in [1.82, 2.24) is 24.9 Å². The maximum Gasteiger partial charge on any atom is 0.435 e. The van der Waals surface area contributed by atoms with Crippen molar-refractivity contribution >= 4 is 17.5 Å². The third-order valence-corrected chi connectivity index (χ3v) is 3.81. The van der Waals surface area contributed by atoms with Gasteiger partial charge in [-0.05, 0) is 25.8 Å². The standard InChI is InChI=1S/C17H23F3N6O2/c1-5-25-8-12(15(24-25)16(28)21-7-10(2)3)22-14(27)9-26-11(4)6-13(23-26)17(18,19)20/h6,8,10H,5,7,9H2,1-4H3,(H,21,28)(H,22,27). The zero-order valence-electron chi connectivity index (χ0n) is 16.1. The van der Waals surface area contributed by atoms with Crippen LogP contribution in [-0.2, 0) is 24.1 Å². The Labute approximate surface area is 160 Å². The van der Waals surface area contributed by atoms with E-state index >= 15 is 0 Å². The van der Waals surface area contributed by atoms with E-state index in [0.29, 0.717) is 13.1 Å². The van der Waals surface area contributed by atoms with Crippen molar-refractivity contribution in [2.75, 3.05) is 11.9 Å². The molecule has 0 atom stereocenters. The lowest BCUT2D eigenvalue weighted by atomic mass is 10.2. The van der Waals surface area contributed by atoms with Crippen LogP contribution in [0.1, 0.15) is 42.6 Å². The van der Waals surface area contributed by atoms with Crippen LogP contribution in [0.3, 0.4) is 0 Å². The summed E-state index contributed by atoms with van der Waals surface area (Å²) >= 11 is 0. The molecule has 2 amide bonds. The third-order valence-electron chi connectivity index (χ3n) is 3.81. The van der Waals surface area contributed by atoms with Gasteiger partial charge in [0.15, 0.2) is 11.4 Å². The molecule has 2 aromatic heterocycles. The zero-order valence-corrected chi connectivity index (χ0v) is 16.1. The van der Waals surface area contributed by atoms with Gasteiger partial charge in [0.1, 0.15) is 6.54 Å². The van der Waals surface area contributed by atoms with Crippen molar-refractivity contribution in [2.45, 2.75) is 47.0 Å². The van der Waals surface area contributed by atoms with E-state index in [2.05, 4.69) is 20.8 Å². The average molecular weight is 400 g/mol. The smallest absolute Gasteiger partial charge is 0.350 e. The van der Waals surface area contributed by atoms with E-state index in [9.17, 15) is 22.8 Å². The van der Waals surface area contributed by atoms with Crippen LogP contribution in [0.5, 0.6) is 0 Å². The summed E-state index contributed by atoms with van der Waals surface area (Å²) in [6.07, 6.45) is -3.09. The van der Waals surface area contributed by atoms with E-state index < -0.39 is 30.2 Å². The van der Waals surface area contributed by atoms with Crippen molar-refractivity contribution in [3.05, 3.63) is 29.3 Å². The van der Waals surface area contributed by atoms with Gasteiger partial charge in [-0.15, -0.1) is 0 Å². The second kappa shape index (κ2) is 8.44. The quantitative estimate of drug-likeness (QED) is 0.747. The molecule has 0 saturated carbocycles. The molecule has 0 bridgehead atoms. The summed E-state index contributed by atoms with van der Waals surface area (Å²) in [6, 6.07) is 0.868. The number of aryl methyl sites for hydroxylation is 2. The molecule has 0 saturated heterocycles. The lowest BCUT2D eigenvalue weighted by molar-refractivity contribution is -0.141. The topological polar surface area (TPSA) is 93.8 Å². The fourth-order valence-corrected chi connectivity index (χ4v) is 2.36. The maximum absolute atomic E-state index is 12.7. The van der Waals surface area contributed by atoms with Crippen molar-refractivity contribution in [3.63, 3.8) is 0 Å². The van der Waals surface area contributed by atoms with Crippen LogP contribution in [0.25, 0.3) is 0 Å². The van der Waals surface area contributed by atoms with Gasteiger partial charge in [-0.3, -0.25) is 19.0 Å². The van der Waals surface area contributed by atoms with Crippen LogP contribution in [0.2, 0.25) is 0 Å².